The Morgan fingerprint density at radius 2 is 1.68 bits per heavy atom. The number of aryl methyl sites for hydroxylation is 1. The van der Waals surface area contributed by atoms with Gasteiger partial charge in [-0.2, -0.15) is 0 Å². The van der Waals surface area contributed by atoms with Crippen molar-refractivity contribution in [2.75, 3.05) is 10.6 Å². The molecule has 0 unspecified atom stereocenters. The predicted octanol–water partition coefficient (Wildman–Crippen LogP) is 6.45. The summed E-state index contributed by atoms with van der Waals surface area (Å²) < 4.78 is 31.4. The van der Waals surface area contributed by atoms with Gasteiger partial charge in [-0.25, -0.2) is 8.78 Å². The largest absolute Gasteiger partial charge is 0.481 e. The topological polar surface area (TPSA) is 40.5 Å². The summed E-state index contributed by atoms with van der Waals surface area (Å²) in [4.78, 5) is 11.8. The number of hydrogen-bond donors (Lipinski definition) is 1. The molecule has 3 aromatic rings. The van der Waals surface area contributed by atoms with Gasteiger partial charge in [-0.15, -0.1) is 0 Å². The molecule has 31 heavy (non-hydrogen) atoms. The molecule has 0 saturated carbocycles. The lowest BCUT2D eigenvalue weighted by Crippen LogP contribution is -2.23. The highest BCUT2D eigenvalue weighted by Crippen LogP contribution is 2.51. The summed E-state index contributed by atoms with van der Waals surface area (Å²) in [6, 6.07) is 10.6. The van der Waals surface area contributed by atoms with Gasteiger partial charge < -0.3 is 9.41 Å². The maximum Gasteiger partial charge on any atom is 0.307 e. The van der Waals surface area contributed by atoms with Gasteiger partial charge in [-0.1, -0.05) is 47.8 Å². The van der Waals surface area contributed by atoms with Crippen molar-refractivity contribution in [3.8, 4) is 22.3 Å². The number of anilines is 1. The molecule has 0 radical (unpaired) electrons. The predicted molar refractivity (Wildman–Crippen MR) is 122 cm³/mol. The normalized spacial score (nSPS) is 12.5. The summed E-state index contributed by atoms with van der Waals surface area (Å²) >= 11 is 1.49. The maximum absolute atomic E-state index is 15.1. The number of fused-ring (bicyclic) bond motifs is 3. The van der Waals surface area contributed by atoms with Crippen LogP contribution in [0.15, 0.2) is 36.4 Å². The van der Waals surface area contributed by atoms with E-state index in [0.717, 1.165) is 33.5 Å². The number of aliphatic carboxylic acids is 1. The van der Waals surface area contributed by atoms with E-state index >= 15 is 4.39 Å². The minimum absolute atomic E-state index is 0.149. The fourth-order valence-corrected chi connectivity index (χ4v) is 5.21. The number of nitrogens with zero attached hydrogens (tertiary/aromatic N) is 1. The number of carboxylic acids is 1. The van der Waals surface area contributed by atoms with Gasteiger partial charge in [-0.05, 0) is 60.2 Å². The van der Waals surface area contributed by atoms with E-state index in [1.807, 2.05) is 55.6 Å². The highest BCUT2D eigenvalue weighted by atomic mass is 32.2. The second kappa shape index (κ2) is 8.00. The van der Waals surface area contributed by atoms with Crippen molar-refractivity contribution in [1.82, 2.24) is 0 Å². The summed E-state index contributed by atoms with van der Waals surface area (Å²) in [6.07, 6.45) is 1.78. The Bertz CT molecular complexity index is 1210. The Balaban J connectivity index is 2.15. The Morgan fingerprint density at radius 1 is 1.00 bits per heavy atom. The van der Waals surface area contributed by atoms with Crippen molar-refractivity contribution in [2.45, 2.75) is 33.7 Å². The van der Waals surface area contributed by atoms with Crippen LogP contribution in [0, 0.1) is 32.4 Å². The standard InChI is InChI=1S/C25H23F2NO2S/c1-13-5-7-16(8-6-13)21-15(3)22-23-17(9-10-19(26)24(23)27)12-28(31-4)25(22)14(2)18(21)11-20(29)30/h5-10H,11-12H2,1-4H3,(H,29,30). The average Bonchev–Trinajstić information content (AvgIpc) is 2.74. The van der Waals surface area contributed by atoms with E-state index in [9.17, 15) is 14.3 Å². The van der Waals surface area contributed by atoms with Crippen LogP contribution < -0.4 is 4.31 Å². The number of hydrogen-bond acceptors (Lipinski definition) is 3. The Morgan fingerprint density at radius 3 is 2.29 bits per heavy atom. The summed E-state index contributed by atoms with van der Waals surface area (Å²) in [5.41, 5.74) is 7.34. The van der Waals surface area contributed by atoms with Crippen LogP contribution in [0.3, 0.4) is 0 Å². The van der Waals surface area contributed by atoms with Gasteiger partial charge in [0.05, 0.1) is 18.7 Å². The van der Waals surface area contributed by atoms with E-state index in [1.54, 1.807) is 6.07 Å². The molecule has 0 saturated heterocycles. The summed E-state index contributed by atoms with van der Waals surface area (Å²) in [6.45, 7) is 6.14. The van der Waals surface area contributed by atoms with Gasteiger partial charge in [-0.3, -0.25) is 4.79 Å². The highest BCUT2D eigenvalue weighted by Gasteiger charge is 2.32. The van der Waals surface area contributed by atoms with Gasteiger partial charge in [0.1, 0.15) is 0 Å². The Labute approximate surface area is 184 Å². The third-order valence-electron chi connectivity index (χ3n) is 5.98. The smallest absolute Gasteiger partial charge is 0.307 e. The van der Waals surface area contributed by atoms with Crippen LogP contribution in [0.1, 0.15) is 27.8 Å². The van der Waals surface area contributed by atoms with E-state index in [-0.39, 0.29) is 12.0 Å². The molecular formula is C25H23F2NO2S. The van der Waals surface area contributed by atoms with Gasteiger partial charge in [0, 0.05) is 17.4 Å². The molecule has 1 aliphatic rings. The molecule has 1 heterocycles. The van der Waals surface area contributed by atoms with E-state index < -0.39 is 17.6 Å². The second-order valence-electron chi connectivity index (χ2n) is 7.88. The molecule has 160 valence electrons. The lowest BCUT2D eigenvalue weighted by Gasteiger charge is -2.35. The van der Waals surface area contributed by atoms with Gasteiger partial charge in [0.25, 0.3) is 0 Å². The van der Waals surface area contributed by atoms with Crippen LogP contribution in [-0.4, -0.2) is 17.3 Å². The number of halogens is 2. The zero-order valence-electron chi connectivity index (χ0n) is 17.8. The van der Waals surface area contributed by atoms with Gasteiger partial charge in [0.15, 0.2) is 11.6 Å². The fourth-order valence-electron chi connectivity index (χ4n) is 4.53. The van der Waals surface area contributed by atoms with Crippen molar-refractivity contribution in [1.29, 1.82) is 0 Å². The fraction of sp³-hybridized carbons (Fsp3) is 0.240. The average molecular weight is 440 g/mol. The first-order valence-electron chi connectivity index (χ1n) is 9.98. The first-order valence-corrected chi connectivity index (χ1v) is 11.2. The SMILES string of the molecule is CSN1Cc2ccc(F)c(F)c2-c2c(C)c(-c3ccc(C)cc3)c(CC(=O)O)c(C)c21. The number of carboxylic acid groups (broad SMARTS) is 1. The first-order chi connectivity index (χ1) is 14.7. The van der Waals surface area contributed by atoms with E-state index in [2.05, 4.69) is 0 Å². The molecular weight excluding hydrogens is 416 g/mol. The van der Waals surface area contributed by atoms with Crippen LogP contribution in [0.5, 0.6) is 0 Å². The van der Waals surface area contributed by atoms with E-state index in [1.165, 1.54) is 18.0 Å². The molecule has 0 bridgehead atoms. The summed E-state index contributed by atoms with van der Waals surface area (Å²) in [5.74, 6) is -2.67. The number of benzene rings is 3. The number of rotatable bonds is 4. The lowest BCUT2D eigenvalue weighted by atomic mass is 9.80. The molecule has 0 fully saturated rings. The van der Waals surface area contributed by atoms with Crippen molar-refractivity contribution >= 4 is 23.6 Å². The monoisotopic (exact) mass is 439 g/mol. The maximum atomic E-state index is 15.1. The minimum Gasteiger partial charge on any atom is -0.481 e. The first kappa shape index (κ1) is 21.4. The van der Waals surface area contributed by atoms with Crippen LogP contribution in [0.25, 0.3) is 22.3 Å². The van der Waals surface area contributed by atoms with Crippen molar-refractivity contribution in [3.63, 3.8) is 0 Å². The van der Waals surface area contributed by atoms with Crippen molar-refractivity contribution in [2.24, 2.45) is 0 Å². The molecule has 3 nitrogen and oxygen atoms in total. The third kappa shape index (κ3) is 3.49. The van der Waals surface area contributed by atoms with Crippen LogP contribution in [-0.2, 0) is 17.8 Å². The highest BCUT2D eigenvalue weighted by molar-refractivity contribution is 7.99. The van der Waals surface area contributed by atoms with Crippen molar-refractivity contribution < 1.29 is 18.7 Å². The molecule has 1 N–H and O–H groups in total. The molecule has 3 aromatic carbocycles. The molecule has 1 aliphatic heterocycles. The van der Waals surface area contributed by atoms with Gasteiger partial charge in [0.2, 0.25) is 0 Å². The second-order valence-corrected chi connectivity index (χ2v) is 8.68. The minimum atomic E-state index is -0.931. The molecule has 6 heteroatoms. The zero-order chi connectivity index (χ0) is 22.4. The Hall–Kier alpha value is -2.86. The molecule has 0 amide bonds. The quantitative estimate of drug-likeness (QED) is 0.474. The Kier molecular flexibility index (Phi) is 5.52. The molecule has 4 rings (SSSR count). The van der Waals surface area contributed by atoms with Crippen molar-refractivity contribution in [3.05, 3.63) is 75.8 Å². The summed E-state index contributed by atoms with van der Waals surface area (Å²) in [5, 5.41) is 9.63. The lowest BCUT2D eigenvalue weighted by molar-refractivity contribution is -0.136. The van der Waals surface area contributed by atoms with Crippen LogP contribution in [0.2, 0.25) is 0 Å². The number of carbonyl (C=O) groups is 1. The molecule has 0 aliphatic carbocycles. The molecule has 0 spiro atoms. The van der Waals surface area contributed by atoms with Crippen LogP contribution >= 0.6 is 11.9 Å². The molecule has 0 aromatic heterocycles. The van der Waals surface area contributed by atoms with Gasteiger partial charge >= 0.3 is 5.97 Å². The van der Waals surface area contributed by atoms with E-state index in [0.29, 0.717) is 23.2 Å². The third-order valence-corrected chi connectivity index (χ3v) is 6.73. The summed E-state index contributed by atoms with van der Waals surface area (Å²) in [7, 11) is 0. The van der Waals surface area contributed by atoms with E-state index in [4.69, 9.17) is 0 Å². The van der Waals surface area contributed by atoms with Crippen LogP contribution in [0.4, 0.5) is 14.5 Å². The zero-order valence-corrected chi connectivity index (χ0v) is 18.7. The molecule has 0 atom stereocenters.